The van der Waals surface area contributed by atoms with Crippen LogP contribution in [0.2, 0.25) is 0 Å². The zero-order chi connectivity index (χ0) is 18.4. The lowest BCUT2D eigenvalue weighted by molar-refractivity contribution is 0.395. The van der Waals surface area contributed by atoms with Gasteiger partial charge in [-0.05, 0) is 24.3 Å². The number of hydrogen-bond acceptors (Lipinski definition) is 7. The average Bonchev–Trinajstić information content (AvgIpc) is 2.69. The smallest absolute Gasteiger partial charge is 0.146 e. The van der Waals surface area contributed by atoms with Crippen LogP contribution < -0.4 is 19.7 Å². The van der Waals surface area contributed by atoms with Crippen molar-refractivity contribution >= 4 is 17.3 Å². The van der Waals surface area contributed by atoms with Crippen LogP contribution in [-0.4, -0.2) is 36.2 Å². The first-order valence-electron chi connectivity index (χ1n) is 8.11. The van der Waals surface area contributed by atoms with Crippen LogP contribution in [0.25, 0.3) is 0 Å². The van der Waals surface area contributed by atoms with Gasteiger partial charge >= 0.3 is 0 Å². The van der Waals surface area contributed by atoms with Gasteiger partial charge in [0.05, 0.1) is 32.1 Å². The van der Waals surface area contributed by atoms with E-state index in [1.54, 1.807) is 20.4 Å². The predicted molar refractivity (Wildman–Crippen MR) is 101 cm³/mol. The fourth-order valence-electron chi connectivity index (χ4n) is 2.48. The molecule has 1 N–H and O–H groups in total. The first kappa shape index (κ1) is 17.5. The van der Waals surface area contributed by atoms with Gasteiger partial charge < -0.3 is 19.7 Å². The Hall–Kier alpha value is -3.35. The van der Waals surface area contributed by atoms with E-state index in [0.717, 1.165) is 22.9 Å². The summed E-state index contributed by atoms with van der Waals surface area (Å²) in [7, 11) is 5.21. The number of benzene rings is 1. The topological polar surface area (TPSA) is 72.4 Å². The number of aromatic nitrogens is 3. The highest BCUT2D eigenvalue weighted by atomic mass is 16.5. The summed E-state index contributed by atoms with van der Waals surface area (Å²) in [4.78, 5) is 15.0. The molecule has 2 aromatic heterocycles. The molecule has 0 aliphatic carbocycles. The van der Waals surface area contributed by atoms with Crippen LogP contribution >= 0.6 is 0 Å². The summed E-state index contributed by atoms with van der Waals surface area (Å²) in [5, 5.41) is 3.26. The molecule has 134 valence electrons. The van der Waals surface area contributed by atoms with Gasteiger partial charge in [-0.2, -0.15) is 0 Å². The Morgan fingerprint density at radius 1 is 1.00 bits per heavy atom. The lowest BCUT2D eigenvalue weighted by Crippen LogP contribution is -2.18. The molecule has 0 saturated heterocycles. The van der Waals surface area contributed by atoms with Gasteiger partial charge in [0, 0.05) is 25.4 Å². The molecule has 0 unspecified atom stereocenters. The van der Waals surface area contributed by atoms with E-state index < -0.39 is 0 Å². The summed E-state index contributed by atoms with van der Waals surface area (Å²) >= 11 is 0. The van der Waals surface area contributed by atoms with Crippen LogP contribution in [0.5, 0.6) is 11.5 Å². The van der Waals surface area contributed by atoms with E-state index in [2.05, 4.69) is 20.3 Å². The van der Waals surface area contributed by atoms with Crippen LogP contribution in [0.15, 0.2) is 55.0 Å². The first-order chi connectivity index (χ1) is 12.7. The Morgan fingerprint density at radius 2 is 1.88 bits per heavy atom. The monoisotopic (exact) mass is 351 g/mol. The predicted octanol–water partition coefficient (Wildman–Crippen LogP) is 3.27. The van der Waals surface area contributed by atoms with Gasteiger partial charge in [0.15, 0.2) is 0 Å². The molecule has 0 saturated carbocycles. The summed E-state index contributed by atoms with van der Waals surface area (Å²) in [6.07, 6.45) is 3.31. The zero-order valence-electron chi connectivity index (χ0n) is 15.0. The second-order valence-corrected chi connectivity index (χ2v) is 5.63. The fourth-order valence-corrected chi connectivity index (χ4v) is 2.48. The third-order valence-electron chi connectivity index (χ3n) is 3.84. The largest absolute Gasteiger partial charge is 0.497 e. The van der Waals surface area contributed by atoms with E-state index in [9.17, 15) is 0 Å². The molecule has 3 rings (SSSR count). The van der Waals surface area contributed by atoms with Crippen molar-refractivity contribution in [3.63, 3.8) is 0 Å². The Morgan fingerprint density at radius 3 is 2.62 bits per heavy atom. The van der Waals surface area contributed by atoms with Crippen molar-refractivity contribution in [2.45, 2.75) is 6.54 Å². The van der Waals surface area contributed by atoms with Gasteiger partial charge in [0.25, 0.3) is 0 Å². The number of methoxy groups -OCH3 is 2. The van der Waals surface area contributed by atoms with Crippen molar-refractivity contribution in [1.29, 1.82) is 0 Å². The Balaban J connectivity index is 1.77. The number of rotatable bonds is 7. The summed E-state index contributed by atoms with van der Waals surface area (Å²) in [6.45, 7) is 0.656. The molecule has 3 aromatic rings. The normalized spacial score (nSPS) is 10.3. The van der Waals surface area contributed by atoms with Crippen LogP contribution in [-0.2, 0) is 6.54 Å². The van der Waals surface area contributed by atoms with Gasteiger partial charge in [0.1, 0.15) is 29.5 Å². The first-order valence-corrected chi connectivity index (χ1v) is 8.11. The molecule has 0 atom stereocenters. The van der Waals surface area contributed by atoms with Gasteiger partial charge in [-0.3, -0.25) is 4.98 Å². The van der Waals surface area contributed by atoms with E-state index in [1.165, 1.54) is 6.33 Å². The quantitative estimate of drug-likeness (QED) is 0.700. The molecule has 0 aliphatic rings. The van der Waals surface area contributed by atoms with Gasteiger partial charge in [-0.1, -0.05) is 6.07 Å². The number of ether oxygens (including phenoxy) is 2. The molecule has 2 heterocycles. The maximum atomic E-state index is 5.41. The molecule has 26 heavy (non-hydrogen) atoms. The minimum Gasteiger partial charge on any atom is -0.497 e. The van der Waals surface area contributed by atoms with Crippen molar-refractivity contribution < 1.29 is 9.47 Å². The summed E-state index contributed by atoms with van der Waals surface area (Å²) in [5.41, 5.74) is 1.77. The standard InChI is InChI=1S/C19H21N5O2/c1-24(12-14-6-4-5-9-20-14)19-11-18(21-13-22-19)23-16-8-7-15(25-2)10-17(16)26-3/h4-11,13H,12H2,1-3H3,(H,21,22,23). The van der Waals surface area contributed by atoms with Gasteiger partial charge in [0.2, 0.25) is 0 Å². The van der Waals surface area contributed by atoms with Crippen LogP contribution in [0.1, 0.15) is 5.69 Å². The molecular weight excluding hydrogens is 330 g/mol. The lowest BCUT2D eigenvalue weighted by Gasteiger charge is -2.18. The van der Waals surface area contributed by atoms with Crippen LogP contribution in [0, 0.1) is 0 Å². The highest BCUT2D eigenvalue weighted by Crippen LogP contribution is 2.31. The minimum absolute atomic E-state index is 0.656. The molecule has 0 spiro atoms. The number of nitrogens with zero attached hydrogens (tertiary/aromatic N) is 4. The molecule has 1 aromatic carbocycles. The fraction of sp³-hybridized carbons (Fsp3) is 0.211. The van der Waals surface area contributed by atoms with Crippen molar-refractivity contribution in [1.82, 2.24) is 15.0 Å². The van der Waals surface area contributed by atoms with E-state index in [4.69, 9.17) is 9.47 Å². The van der Waals surface area contributed by atoms with Gasteiger partial charge in [-0.25, -0.2) is 9.97 Å². The Bertz CT molecular complexity index is 858. The van der Waals surface area contributed by atoms with Crippen LogP contribution in [0.4, 0.5) is 17.3 Å². The molecule has 0 bridgehead atoms. The third-order valence-corrected chi connectivity index (χ3v) is 3.84. The second kappa shape index (κ2) is 8.15. The summed E-state index contributed by atoms with van der Waals surface area (Å²) < 4.78 is 10.6. The number of nitrogens with one attached hydrogen (secondary N) is 1. The van der Waals surface area contributed by atoms with Crippen molar-refractivity contribution in [3.8, 4) is 11.5 Å². The molecule has 0 aliphatic heterocycles. The van der Waals surface area contributed by atoms with Crippen molar-refractivity contribution in [2.24, 2.45) is 0 Å². The average molecular weight is 351 g/mol. The SMILES string of the molecule is COc1ccc(Nc2cc(N(C)Cc3ccccn3)ncn2)c(OC)c1. The maximum absolute atomic E-state index is 5.41. The molecule has 7 nitrogen and oxygen atoms in total. The number of pyridine rings is 1. The van der Waals surface area contributed by atoms with Crippen molar-refractivity contribution in [3.05, 3.63) is 60.7 Å². The molecule has 7 heteroatoms. The zero-order valence-corrected chi connectivity index (χ0v) is 15.0. The molecule has 0 radical (unpaired) electrons. The lowest BCUT2D eigenvalue weighted by atomic mass is 10.2. The van der Waals surface area contributed by atoms with E-state index in [0.29, 0.717) is 18.1 Å². The van der Waals surface area contributed by atoms with Crippen molar-refractivity contribution in [2.75, 3.05) is 31.5 Å². The summed E-state index contributed by atoms with van der Waals surface area (Å²) in [6, 6.07) is 13.3. The Labute approximate surface area is 152 Å². The Kier molecular flexibility index (Phi) is 5.48. The number of hydrogen-bond donors (Lipinski definition) is 1. The highest BCUT2D eigenvalue weighted by molar-refractivity contribution is 5.67. The summed E-state index contributed by atoms with van der Waals surface area (Å²) in [5.74, 6) is 2.86. The number of anilines is 3. The van der Waals surface area contributed by atoms with E-state index in [-0.39, 0.29) is 0 Å². The highest BCUT2D eigenvalue weighted by Gasteiger charge is 2.09. The second-order valence-electron chi connectivity index (χ2n) is 5.63. The minimum atomic E-state index is 0.656. The maximum Gasteiger partial charge on any atom is 0.146 e. The third kappa shape index (κ3) is 4.18. The molecule has 0 fully saturated rings. The van der Waals surface area contributed by atoms with Crippen LogP contribution in [0.3, 0.4) is 0 Å². The molecule has 0 amide bonds. The van der Waals surface area contributed by atoms with Gasteiger partial charge in [-0.15, -0.1) is 0 Å². The van der Waals surface area contributed by atoms with E-state index >= 15 is 0 Å². The molecular formula is C19H21N5O2. The van der Waals surface area contributed by atoms with E-state index in [1.807, 2.05) is 54.4 Å².